The van der Waals surface area contributed by atoms with E-state index in [0.29, 0.717) is 25.7 Å². The lowest BCUT2D eigenvalue weighted by molar-refractivity contribution is -0.448. The van der Waals surface area contributed by atoms with E-state index < -0.39 is 0 Å². The first-order chi connectivity index (χ1) is 10.2. The average Bonchev–Trinajstić information content (AvgIpc) is 2.19. The predicted octanol–water partition coefficient (Wildman–Crippen LogP) is 2.86. The second kappa shape index (κ2) is 5.67. The third kappa shape index (κ3) is 3.74. The maximum absolute atomic E-state index is 10.2. The molecule has 0 saturated carbocycles. The highest BCUT2D eigenvalue weighted by molar-refractivity contribution is 4.99. The fourth-order valence-electron chi connectivity index (χ4n) is 4.94. The molecule has 0 atom stereocenters. The van der Waals surface area contributed by atoms with Gasteiger partial charge >= 0.3 is 0 Å². The smallest absolute Gasteiger partial charge is 0.0576 e. The normalized spacial score (nSPS) is 32.1. The molecule has 2 aliphatic rings. The van der Waals surface area contributed by atoms with E-state index >= 15 is 0 Å². The van der Waals surface area contributed by atoms with Gasteiger partial charge in [0, 0.05) is 22.2 Å². The van der Waals surface area contributed by atoms with E-state index in [1.54, 1.807) is 0 Å². The summed E-state index contributed by atoms with van der Waals surface area (Å²) in [7, 11) is 0. The van der Waals surface area contributed by atoms with E-state index in [2.05, 4.69) is 65.5 Å². The minimum Gasteiger partial charge on any atom is -0.393 e. The molecule has 0 aromatic rings. The highest BCUT2D eigenvalue weighted by Gasteiger charge is 2.52. The molecule has 0 aromatic carbocycles. The van der Waals surface area contributed by atoms with Gasteiger partial charge < -0.3 is 10.2 Å². The van der Waals surface area contributed by atoms with Gasteiger partial charge in [-0.1, -0.05) is 0 Å². The van der Waals surface area contributed by atoms with Crippen molar-refractivity contribution in [1.82, 2.24) is 10.1 Å². The fourth-order valence-corrected chi connectivity index (χ4v) is 4.94. The zero-order valence-electron chi connectivity index (χ0n) is 16.2. The second-order valence-corrected chi connectivity index (χ2v) is 10.0. The molecule has 2 N–H and O–H groups in total. The van der Waals surface area contributed by atoms with Crippen LogP contribution in [-0.2, 0) is 4.94 Å². The number of hydrogen-bond donors (Lipinski definition) is 2. The first-order valence-electron chi connectivity index (χ1n) is 8.82. The molecule has 0 spiro atoms. The Labute approximate surface area is 141 Å². The zero-order chi connectivity index (χ0) is 17.8. The van der Waals surface area contributed by atoms with E-state index in [4.69, 9.17) is 4.94 Å². The molecule has 5 nitrogen and oxygen atoms in total. The van der Waals surface area contributed by atoms with Gasteiger partial charge in [0.15, 0.2) is 0 Å². The summed E-state index contributed by atoms with van der Waals surface area (Å²) in [6.07, 6.45) is 2.15. The largest absolute Gasteiger partial charge is 0.393 e. The summed E-state index contributed by atoms with van der Waals surface area (Å²) in [6.45, 7) is 17.0. The minimum atomic E-state index is -0.302. The van der Waals surface area contributed by atoms with E-state index in [-0.39, 0.29) is 34.4 Å². The second-order valence-electron chi connectivity index (χ2n) is 10.0. The molecular formula is C18H36N2O3. The van der Waals surface area contributed by atoms with Gasteiger partial charge in [0.05, 0.1) is 12.2 Å². The molecule has 0 radical (unpaired) electrons. The lowest BCUT2D eigenvalue weighted by Crippen LogP contribution is -2.69. The minimum absolute atomic E-state index is 0.261. The van der Waals surface area contributed by atoms with Crippen LogP contribution in [0.25, 0.3) is 0 Å². The van der Waals surface area contributed by atoms with Crippen LogP contribution >= 0.6 is 0 Å². The number of piperidine rings is 2. The SMILES string of the molecule is CC1(C)CC(O)CC(C)(C)N1ON1C(C)(C)CC(O)CC1(C)C. The molecule has 0 aromatic heterocycles. The van der Waals surface area contributed by atoms with Gasteiger partial charge in [0.25, 0.3) is 0 Å². The number of nitrogens with zero attached hydrogens (tertiary/aromatic N) is 2. The lowest BCUT2D eigenvalue weighted by Gasteiger charge is -2.59. The van der Waals surface area contributed by atoms with Crippen molar-refractivity contribution in [1.29, 1.82) is 0 Å². The number of aliphatic hydroxyl groups is 2. The molecule has 0 unspecified atom stereocenters. The van der Waals surface area contributed by atoms with Gasteiger partial charge in [0.2, 0.25) is 0 Å². The summed E-state index contributed by atoms with van der Waals surface area (Å²) in [5.74, 6) is 0. The summed E-state index contributed by atoms with van der Waals surface area (Å²) in [6, 6.07) is 0. The Kier molecular flexibility index (Phi) is 4.71. The Morgan fingerprint density at radius 1 is 0.609 bits per heavy atom. The monoisotopic (exact) mass is 328 g/mol. The number of rotatable bonds is 2. The molecule has 2 heterocycles. The van der Waals surface area contributed by atoms with E-state index in [1.165, 1.54) is 0 Å². The Bertz CT molecular complexity index is 370. The Morgan fingerprint density at radius 2 is 0.826 bits per heavy atom. The van der Waals surface area contributed by atoms with Crippen molar-refractivity contribution < 1.29 is 15.2 Å². The summed E-state index contributed by atoms with van der Waals surface area (Å²) in [5, 5.41) is 24.6. The van der Waals surface area contributed by atoms with Gasteiger partial charge in [-0.25, -0.2) is 4.94 Å². The van der Waals surface area contributed by atoms with Crippen molar-refractivity contribution in [3.63, 3.8) is 0 Å². The predicted molar refractivity (Wildman–Crippen MR) is 91.6 cm³/mol. The van der Waals surface area contributed by atoms with Gasteiger partial charge in [-0.05, 0) is 81.1 Å². The maximum atomic E-state index is 10.2. The summed E-state index contributed by atoms with van der Waals surface area (Å²) >= 11 is 0. The molecular weight excluding hydrogens is 292 g/mol. The maximum Gasteiger partial charge on any atom is 0.0576 e. The standard InChI is InChI=1S/C18H36N2O3/c1-15(2)9-13(21)10-16(3,4)19(15)23-20-17(5,6)11-14(22)12-18(20,7)8/h13-14,21-22H,9-12H2,1-8H3. The van der Waals surface area contributed by atoms with E-state index in [9.17, 15) is 10.2 Å². The third-order valence-electron chi connectivity index (χ3n) is 5.30. The van der Waals surface area contributed by atoms with Crippen LogP contribution in [0.1, 0.15) is 81.1 Å². The summed E-state index contributed by atoms with van der Waals surface area (Å²) in [4.78, 5) is 6.53. The molecule has 0 aliphatic carbocycles. The first-order valence-corrected chi connectivity index (χ1v) is 8.82. The molecule has 0 bridgehead atoms. The topological polar surface area (TPSA) is 56.2 Å². The van der Waals surface area contributed by atoms with Crippen molar-refractivity contribution in [3.8, 4) is 0 Å². The van der Waals surface area contributed by atoms with Crippen LogP contribution in [0.3, 0.4) is 0 Å². The van der Waals surface area contributed by atoms with Gasteiger partial charge in [0.1, 0.15) is 0 Å². The average molecular weight is 328 g/mol. The summed E-state index contributed by atoms with van der Waals surface area (Å²) in [5.41, 5.74) is -1.04. The number of aliphatic hydroxyl groups excluding tert-OH is 2. The van der Waals surface area contributed by atoms with Crippen LogP contribution in [0.2, 0.25) is 0 Å². The van der Waals surface area contributed by atoms with Crippen LogP contribution in [0.4, 0.5) is 0 Å². The van der Waals surface area contributed by atoms with Crippen LogP contribution < -0.4 is 0 Å². The van der Waals surface area contributed by atoms with Gasteiger partial charge in [-0.2, -0.15) is 10.1 Å². The third-order valence-corrected chi connectivity index (χ3v) is 5.30. The molecule has 2 fully saturated rings. The molecule has 2 rings (SSSR count). The molecule has 136 valence electrons. The van der Waals surface area contributed by atoms with Crippen molar-refractivity contribution in [2.45, 2.75) is 115 Å². The molecule has 2 saturated heterocycles. The Balaban J connectivity index is 2.31. The van der Waals surface area contributed by atoms with Crippen LogP contribution in [0.5, 0.6) is 0 Å². The zero-order valence-corrected chi connectivity index (χ0v) is 16.2. The van der Waals surface area contributed by atoms with Crippen LogP contribution in [-0.4, -0.2) is 54.7 Å². The quantitative estimate of drug-likeness (QED) is 0.816. The number of hydroxylamine groups is 4. The van der Waals surface area contributed by atoms with Gasteiger partial charge in [-0.15, -0.1) is 0 Å². The Hall–Kier alpha value is -0.200. The molecule has 5 heteroatoms. The molecule has 23 heavy (non-hydrogen) atoms. The molecule has 2 aliphatic heterocycles. The van der Waals surface area contributed by atoms with Crippen LogP contribution in [0, 0.1) is 0 Å². The lowest BCUT2D eigenvalue weighted by atomic mass is 9.79. The van der Waals surface area contributed by atoms with Crippen molar-refractivity contribution >= 4 is 0 Å². The highest BCUT2D eigenvalue weighted by atomic mass is 16.8. The van der Waals surface area contributed by atoms with Crippen molar-refractivity contribution in [2.75, 3.05) is 0 Å². The summed E-state index contributed by atoms with van der Waals surface area (Å²) < 4.78 is 0. The van der Waals surface area contributed by atoms with Crippen molar-refractivity contribution in [3.05, 3.63) is 0 Å². The van der Waals surface area contributed by atoms with E-state index in [0.717, 1.165) is 0 Å². The van der Waals surface area contributed by atoms with Crippen LogP contribution in [0.15, 0.2) is 0 Å². The Morgan fingerprint density at radius 3 is 1.04 bits per heavy atom. The highest BCUT2D eigenvalue weighted by Crippen LogP contribution is 2.44. The molecule has 0 amide bonds. The van der Waals surface area contributed by atoms with Gasteiger partial charge in [-0.3, -0.25) is 0 Å². The first kappa shape index (κ1) is 19.1. The number of hydrogen-bond acceptors (Lipinski definition) is 5. The van der Waals surface area contributed by atoms with Crippen molar-refractivity contribution in [2.24, 2.45) is 0 Å². The fraction of sp³-hybridized carbons (Fsp3) is 1.00. The van der Waals surface area contributed by atoms with E-state index in [1.807, 2.05) is 0 Å².